The lowest BCUT2D eigenvalue weighted by atomic mass is 9.91. The van der Waals surface area contributed by atoms with Crippen LogP contribution in [0.1, 0.15) is 24.8 Å². The molecule has 2 rings (SSSR count). The van der Waals surface area contributed by atoms with Crippen LogP contribution in [0.25, 0.3) is 0 Å². The number of aliphatic hydroxyl groups is 1. The van der Waals surface area contributed by atoms with Gasteiger partial charge in [0.05, 0.1) is 11.5 Å². The highest BCUT2D eigenvalue weighted by atomic mass is 16.6. The third-order valence-corrected chi connectivity index (χ3v) is 3.58. The Labute approximate surface area is 106 Å². The molecule has 0 unspecified atom stereocenters. The third-order valence-electron chi connectivity index (χ3n) is 3.58. The van der Waals surface area contributed by atoms with Crippen LogP contribution < -0.4 is 4.90 Å². The Morgan fingerprint density at radius 1 is 1.50 bits per heavy atom. The predicted octanol–water partition coefficient (Wildman–Crippen LogP) is 2.25. The minimum absolute atomic E-state index is 0.0676. The molecule has 18 heavy (non-hydrogen) atoms. The summed E-state index contributed by atoms with van der Waals surface area (Å²) >= 11 is 0. The molecule has 1 fully saturated rings. The number of rotatable bonds is 5. The van der Waals surface area contributed by atoms with Crippen molar-refractivity contribution in [2.75, 3.05) is 18.1 Å². The maximum atomic E-state index is 10.9. The van der Waals surface area contributed by atoms with E-state index >= 15 is 0 Å². The number of aryl methyl sites for hydroxylation is 1. The first kappa shape index (κ1) is 12.8. The van der Waals surface area contributed by atoms with Crippen LogP contribution in [0.2, 0.25) is 0 Å². The lowest BCUT2D eigenvalue weighted by molar-refractivity contribution is -0.385. The van der Waals surface area contributed by atoms with Crippen molar-refractivity contribution in [2.24, 2.45) is 0 Å². The molecule has 5 nitrogen and oxygen atoms in total. The summed E-state index contributed by atoms with van der Waals surface area (Å²) in [5.74, 6) is 0. The van der Waals surface area contributed by atoms with Crippen LogP contribution in [-0.4, -0.2) is 29.2 Å². The maximum absolute atomic E-state index is 10.9. The summed E-state index contributed by atoms with van der Waals surface area (Å²) in [7, 11) is 0. The Hall–Kier alpha value is -1.62. The second-order valence-electron chi connectivity index (χ2n) is 4.73. The molecule has 0 bridgehead atoms. The highest BCUT2D eigenvalue weighted by Crippen LogP contribution is 2.32. The van der Waals surface area contributed by atoms with Crippen LogP contribution in [0.4, 0.5) is 11.4 Å². The standard InChI is InChI=1S/C13H18N2O3/c1-10-5-6-12(9-13(10)15(17)18)14(7-8-16)11-3-2-4-11/h5-6,9,11,16H,2-4,7-8H2,1H3. The largest absolute Gasteiger partial charge is 0.395 e. The highest BCUT2D eigenvalue weighted by Gasteiger charge is 2.26. The van der Waals surface area contributed by atoms with Crippen LogP contribution in [-0.2, 0) is 0 Å². The van der Waals surface area contributed by atoms with Crippen LogP contribution in [0.3, 0.4) is 0 Å². The zero-order valence-corrected chi connectivity index (χ0v) is 10.5. The van der Waals surface area contributed by atoms with Crippen molar-refractivity contribution in [3.63, 3.8) is 0 Å². The molecule has 0 saturated heterocycles. The number of nitro groups is 1. The van der Waals surface area contributed by atoms with E-state index in [0.29, 0.717) is 18.2 Å². The summed E-state index contributed by atoms with van der Waals surface area (Å²) in [6, 6.07) is 5.70. The molecule has 1 aromatic rings. The molecule has 1 aliphatic rings. The van der Waals surface area contributed by atoms with Crippen molar-refractivity contribution in [3.8, 4) is 0 Å². The van der Waals surface area contributed by atoms with Crippen molar-refractivity contribution < 1.29 is 10.0 Å². The fourth-order valence-corrected chi connectivity index (χ4v) is 2.30. The summed E-state index contributed by atoms with van der Waals surface area (Å²) in [5.41, 5.74) is 1.65. The van der Waals surface area contributed by atoms with E-state index in [9.17, 15) is 10.1 Å². The number of aliphatic hydroxyl groups excluding tert-OH is 1. The monoisotopic (exact) mass is 250 g/mol. The predicted molar refractivity (Wildman–Crippen MR) is 69.9 cm³/mol. The molecule has 1 N–H and O–H groups in total. The van der Waals surface area contributed by atoms with Crippen LogP contribution in [0, 0.1) is 17.0 Å². The van der Waals surface area contributed by atoms with Gasteiger partial charge >= 0.3 is 0 Å². The van der Waals surface area contributed by atoms with E-state index in [1.54, 1.807) is 19.1 Å². The van der Waals surface area contributed by atoms with Gasteiger partial charge < -0.3 is 10.0 Å². The first-order valence-corrected chi connectivity index (χ1v) is 6.26. The number of nitrogens with zero attached hydrogens (tertiary/aromatic N) is 2. The third kappa shape index (κ3) is 2.46. The molecular formula is C13H18N2O3. The molecule has 1 aromatic carbocycles. The fraction of sp³-hybridized carbons (Fsp3) is 0.538. The van der Waals surface area contributed by atoms with Crippen molar-refractivity contribution >= 4 is 11.4 Å². The van der Waals surface area contributed by atoms with Gasteiger partial charge in [0.25, 0.3) is 5.69 Å². The van der Waals surface area contributed by atoms with E-state index in [1.165, 1.54) is 6.42 Å². The van der Waals surface area contributed by atoms with Crippen molar-refractivity contribution in [1.82, 2.24) is 0 Å². The minimum atomic E-state index is -0.350. The van der Waals surface area contributed by atoms with Crippen LogP contribution >= 0.6 is 0 Å². The Kier molecular flexibility index (Phi) is 3.81. The molecule has 0 spiro atoms. The van der Waals surface area contributed by atoms with E-state index < -0.39 is 0 Å². The van der Waals surface area contributed by atoms with Crippen molar-refractivity contribution in [1.29, 1.82) is 0 Å². The van der Waals surface area contributed by atoms with Gasteiger partial charge in [-0.3, -0.25) is 10.1 Å². The molecule has 0 aromatic heterocycles. The SMILES string of the molecule is Cc1ccc(N(CCO)C2CCC2)cc1[N+](=O)[O-]. The maximum Gasteiger partial charge on any atom is 0.274 e. The molecule has 0 atom stereocenters. The number of anilines is 1. The summed E-state index contributed by atoms with van der Waals surface area (Å²) in [5, 5.41) is 20.1. The quantitative estimate of drug-likeness (QED) is 0.643. The normalized spacial score (nSPS) is 15.2. The Balaban J connectivity index is 2.29. The van der Waals surface area contributed by atoms with E-state index in [0.717, 1.165) is 18.5 Å². The molecular weight excluding hydrogens is 232 g/mol. The Morgan fingerprint density at radius 2 is 2.22 bits per heavy atom. The van der Waals surface area contributed by atoms with Gasteiger partial charge in [0.15, 0.2) is 0 Å². The van der Waals surface area contributed by atoms with E-state index in [4.69, 9.17) is 5.11 Å². The smallest absolute Gasteiger partial charge is 0.274 e. The second kappa shape index (κ2) is 5.35. The lowest BCUT2D eigenvalue weighted by Gasteiger charge is -2.39. The molecule has 0 aliphatic heterocycles. The molecule has 0 radical (unpaired) electrons. The number of benzene rings is 1. The number of nitro benzene ring substituents is 1. The van der Waals surface area contributed by atoms with Crippen molar-refractivity contribution in [3.05, 3.63) is 33.9 Å². The van der Waals surface area contributed by atoms with Gasteiger partial charge in [0, 0.05) is 29.9 Å². The Bertz CT molecular complexity index is 444. The van der Waals surface area contributed by atoms with Crippen molar-refractivity contribution in [2.45, 2.75) is 32.2 Å². The Morgan fingerprint density at radius 3 is 2.72 bits per heavy atom. The molecule has 0 amide bonds. The van der Waals surface area contributed by atoms with Gasteiger partial charge in [0.1, 0.15) is 0 Å². The first-order chi connectivity index (χ1) is 8.63. The van der Waals surface area contributed by atoms with E-state index in [-0.39, 0.29) is 17.2 Å². The van der Waals surface area contributed by atoms with Crippen LogP contribution in [0.15, 0.2) is 18.2 Å². The molecule has 5 heteroatoms. The molecule has 1 saturated carbocycles. The van der Waals surface area contributed by atoms with Crippen LogP contribution in [0.5, 0.6) is 0 Å². The van der Waals surface area contributed by atoms with E-state index in [1.807, 2.05) is 6.07 Å². The number of hydrogen-bond acceptors (Lipinski definition) is 4. The zero-order chi connectivity index (χ0) is 13.1. The average Bonchev–Trinajstić information content (AvgIpc) is 2.26. The van der Waals surface area contributed by atoms with Gasteiger partial charge in [-0.25, -0.2) is 0 Å². The first-order valence-electron chi connectivity index (χ1n) is 6.26. The molecule has 98 valence electrons. The molecule has 1 aliphatic carbocycles. The van der Waals surface area contributed by atoms with Gasteiger partial charge in [0.2, 0.25) is 0 Å². The average molecular weight is 250 g/mol. The second-order valence-corrected chi connectivity index (χ2v) is 4.73. The summed E-state index contributed by atoms with van der Waals surface area (Å²) < 4.78 is 0. The summed E-state index contributed by atoms with van der Waals surface area (Å²) in [4.78, 5) is 12.7. The topological polar surface area (TPSA) is 66.6 Å². The highest BCUT2D eigenvalue weighted by molar-refractivity contribution is 5.57. The fourth-order valence-electron chi connectivity index (χ4n) is 2.30. The zero-order valence-electron chi connectivity index (χ0n) is 10.5. The molecule has 0 heterocycles. The van der Waals surface area contributed by atoms with Gasteiger partial charge in [-0.05, 0) is 32.3 Å². The van der Waals surface area contributed by atoms with E-state index in [2.05, 4.69) is 4.90 Å². The van der Waals surface area contributed by atoms with Gasteiger partial charge in [-0.15, -0.1) is 0 Å². The summed E-state index contributed by atoms with van der Waals surface area (Å²) in [6.45, 7) is 2.34. The minimum Gasteiger partial charge on any atom is -0.395 e. The number of hydrogen-bond donors (Lipinski definition) is 1. The van der Waals surface area contributed by atoms with Gasteiger partial charge in [-0.2, -0.15) is 0 Å². The lowest BCUT2D eigenvalue weighted by Crippen LogP contribution is -2.42. The van der Waals surface area contributed by atoms with Gasteiger partial charge in [-0.1, -0.05) is 6.07 Å². The summed E-state index contributed by atoms with van der Waals surface area (Å²) in [6.07, 6.45) is 3.39.